The molecule has 2 rings (SSSR count). The molecule has 150 valence electrons. The quantitative estimate of drug-likeness (QED) is 0.436. The van der Waals surface area contributed by atoms with Crippen molar-refractivity contribution in [2.75, 3.05) is 19.8 Å². The molecule has 0 aliphatic carbocycles. The van der Waals surface area contributed by atoms with Crippen molar-refractivity contribution in [2.24, 2.45) is 0 Å². The van der Waals surface area contributed by atoms with E-state index in [-0.39, 0.29) is 37.1 Å². The zero-order chi connectivity index (χ0) is 20.2. The molecule has 0 spiro atoms. The smallest absolute Gasteiger partial charge is 0.307 e. The van der Waals surface area contributed by atoms with E-state index in [9.17, 15) is 14.0 Å². The molecule has 28 heavy (non-hydrogen) atoms. The van der Waals surface area contributed by atoms with Gasteiger partial charge in [0.15, 0.2) is 0 Å². The molecule has 0 saturated heterocycles. The SMILES string of the molecule is CCOC(=O)CCN(Cc1cccnc1)C(=O)CCCOc1cccc(F)c1. The molecular formula is C21H25FN2O4. The number of aromatic nitrogens is 1. The van der Waals surface area contributed by atoms with Gasteiger partial charge in [0, 0.05) is 38.0 Å². The number of pyridine rings is 1. The molecule has 0 atom stereocenters. The highest BCUT2D eigenvalue weighted by Gasteiger charge is 2.16. The molecule has 0 aliphatic rings. The summed E-state index contributed by atoms with van der Waals surface area (Å²) in [5.74, 6) is -0.353. The molecule has 0 radical (unpaired) electrons. The third kappa shape index (κ3) is 7.73. The van der Waals surface area contributed by atoms with Crippen molar-refractivity contribution in [3.63, 3.8) is 0 Å². The van der Waals surface area contributed by atoms with Gasteiger partial charge < -0.3 is 14.4 Å². The second-order valence-electron chi connectivity index (χ2n) is 6.14. The number of halogens is 1. The highest BCUT2D eigenvalue weighted by Crippen LogP contribution is 2.13. The van der Waals surface area contributed by atoms with Gasteiger partial charge in [-0.05, 0) is 37.1 Å². The van der Waals surface area contributed by atoms with Crippen molar-refractivity contribution < 1.29 is 23.5 Å². The number of benzene rings is 1. The van der Waals surface area contributed by atoms with Gasteiger partial charge >= 0.3 is 5.97 Å². The topological polar surface area (TPSA) is 68.7 Å². The zero-order valence-corrected chi connectivity index (χ0v) is 16.0. The van der Waals surface area contributed by atoms with Crippen molar-refractivity contribution in [3.8, 4) is 5.75 Å². The Labute approximate surface area is 164 Å². The first-order chi connectivity index (χ1) is 13.6. The Morgan fingerprint density at radius 2 is 2.04 bits per heavy atom. The van der Waals surface area contributed by atoms with Gasteiger partial charge in [-0.25, -0.2) is 4.39 Å². The number of nitrogens with zero attached hydrogens (tertiary/aromatic N) is 2. The van der Waals surface area contributed by atoms with Gasteiger partial charge in [-0.15, -0.1) is 0 Å². The van der Waals surface area contributed by atoms with E-state index in [1.807, 2.05) is 6.07 Å². The summed E-state index contributed by atoms with van der Waals surface area (Å²) >= 11 is 0. The first kappa shape index (κ1) is 21.3. The Morgan fingerprint density at radius 1 is 1.18 bits per heavy atom. The Kier molecular flexibility index (Phi) is 8.91. The van der Waals surface area contributed by atoms with E-state index < -0.39 is 0 Å². The molecule has 1 heterocycles. The van der Waals surface area contributed by atoms with Crippen molar-refractivity contribution in [1.82, 2.24) is 9.88 Å². The number of rotatable bonds is 11. The minimum Gasteiger partial charge on any atom is -0.493 e. The number of hydrogen-bond donors (Lipinski definition) is 0. The van der Waals surface area contributed by atoms with E-state index in [0.717, 1.165) is 5.56 Å². The van der Waals surface area contributed by atoms with Gasteiger partial charge in [-0.1, -0.05) is 12.1 Å². The minimum atomic E-state index is -0.366. The Bertz CT molecular complexity index is 755. The summed E-state index contributed by atoms with van der Waals surface area (Å²) in [4.78, 5) is 29.9. The monoisotopic (exact) mass is 388 g/mol. The fourth-order valence-electron chi connectivity index (χ4n) is 2.59. The van der Waals surface area contributed by atoms with Crippen LogP contribution in [0.4, 0.5) is 4.39 Å². The van der Waals surface area contributed by atoms with Crippen LogP contribution in [-0.2, 0) is 20.9 Å². The average Bonchev–Trinajstić information content (AvgIpc) is 2.69. The van der Waals surface area contributed by atoms with E-state index in [4.69, 9.17) is 9.47 Å². The molecule has 0 aliphatic heterocycles. The van der Waals surface area contributed by atoms with Gasteiger partial charge in [0.1, 0.15) is 11.6 Å². The van der Waals surface area contributed by atoms with Gasteiger partial charge in [-0.3, -0.25) is 14.6 Å². The van der Waals surface area contributed by atoms with Gasteiger partial charge in [-0.2, -0.15) is 0 Å². The lowest BCUT2D eigenvalue weighted by molar-refractivity contribution is -0.144. The van der Waals surface area contributed by atoms with Crippen LogP contribution in [0.25, 0.3) is 0 Å². The maximum Gasteiger partial charge on any atom is 0.307 e. The summed E-state index contributed by atoms with van der Waals surface area (Å²) in [6.07, 6.45) is 4.24. The van der Waals surface area contributed by atoms with E-state index in [2.05, 4.69) is 4.98 Å². The van der Waals surface area contributed by atoms with E-state index >= 15 is 0 Å². The molecule has 1 aromatic carbocycles. The lowest BCUT2D eigenvalue weighted by Gasteiger charge is -2.22. The summed E-state index contributed by atoms with van der Waals surface area (Å²) in [5, 5.41) is 0. The van der Waals surface area contributed by atoms with Gasteiger partial charge in [0.2, 0.25) is 5.91 Å². The van der Waals surface area contributed by atoms with Crippen LogP contribution in [0.5, 0.6) is 5.75 Å². The van der Waals surface area contributed by atoms with E-state index in [0.29, 0.717) is 31.9 Å². The Balaban J connectivity index is 1.85. The van der Waals surface area contributed by atoms with Crippen molar-refractivity contribution in [2.45, 2.75) is 32.7 Å². The number of ether oxygens (including phenoxy) is 2. The van der Waals surface area contributed by atoms with E-state index in [1.165, 1.54) is 12.1 Å². The Morgan fingerprint density at radius 3 is 2.75 bits per heavy atom. The second kappa shape index (κ2) is 11.7. The summed E-state index contributed by atoms with van der Waals surface area (Å²) in [5.41, 5.74) is 0.885. The van der Waals surface area contributed by atoms with Crippen LogP contribution < -0.4 is 4.74 Å². The molecule has 0 N–H and O–H groups in total. The fourth-order valence-corrected chi connectivity index (χ4v) is 2.59. The number of amides is 1. The average molecular weight is 388 g/mol. The largest absolute Gasteiger partial charge is 0.493 e. The van der Waals surface area contributed by atoms with Gasteiger partial charge in [0.05, 0.1) is 19.6 Å². The molecule has 0 fully saturated rings. The summed E-state index contributed by atoms with van der Waals surface area (Å²) in [6, 6.07) is 9.56. The van der Waals surface area contributed by atoms with Crippen molar-refractivity contribution in [3.05, 3.63) is 60.2 Å². The summed E-state index contributed by atoms with van der Waals surface area (Å²) < 4.78 is 23.5. The predicted octanol–water partition coefficient (Wildman–Crippen LogP) is 3.36. The number of esters is 1. The van der Waals surface area contributed by atoms with Crippen LogP contribution >= 0.6 is 0 Å². The summed E-state index contributed by atoms with van der Waals surface area (Å²) in [7, 11) is 0. The normalized spacial score (nSPS) is 10.4. The number of carbonyl (C=O) groups is 2. The molecule has 2 aromatic rings. The third-order valence-electron chi connectivity index (χ3n) is 3.94. The van der Waals surface area contributed by atoms with Crippen LogP contribution in [-0.4, -0.2) is 41.5 Å². The van der Waals surface area contributed by atoms with Crippen LogP contribution in [0.2, 0.25) is 0 Å². The minimum absolute atomic E-state index is 0.0870. The molecular weight excluding hydrogens is 363 g/mol. The van der Waals surface area contributed by atoms with Crippen LogP contribution in [0.15, 0.2) is 48.8 Å². The predicted molar refractivity (Wildman–Crippen MR) is 102 cm³/mol. The second-order valence-corrected chi connectivity index (χ2v) is 6.14. The maximum absolute atomic E-state index is 13.1. The fraction of sp³-hybridized carbons (Fsp3) is 0.381. The molecule has 6 nitrogen and oxygen atoms in total. The highest BCUT2D eigenvalue weighted by molar-refractivity contribution is 5.77. The summed E-state index contributed by atoms with van der Waals surface area (Å²) in [6.45, 7) is 3.00. The molecule has 7 heteroatoms. The number of hydrogen-bond acceptors (Lipinski definition) is 5. The standard InChI is InChI=1S/C21H25FN2O4/c1-2-27-21(26)10-12-24(16-17-6-4-11-23-15-17)20(25)9-5-13-28-19-8-3-7-18(22)14-19/h3-4,6-8,11,14-15H,2,5,9-10,12-13,16H2,1H3. The maximum atomic E-state index is 13.1. The van der Waals surface area contributed by atoms with Crippen molar-refractivity contribution >= 4 is 11.9 Å². The van der Waals surface area contributed by atoms with Crippen LogP contribution in [0.1, 0.15) is 31.7 Å². The van der Waals surface area contributed by atoms with E-state index in [1.54, 1.807) is 42.4 Å². The first-order valence-corrected chi connectivity index (χ1v) is 9.29. The zero-order valence-electron chi connectivity index (χ0n) is 16.0. The molecule has 1 aromatic heterocycles. The van der Waals surface area contributed by atoms with Crippen LogP contribution in [0, 0.1) is 5.82 Å². The molecule has 0 bridgehead atoms. The molecule has 0 unspecified atom stereocenters. The van der Waals surface area contributed by atoms with Crippen molar-refractivity contribution in [1.29, 1.82) is 0 Å². The number of carbonyl (C=O) groups excluding carboxylic acids is 2. The molecule has 0 saturated carbocycles. The third-order valence-corrected chi connectivity index (χ3v) is 3.94. The lowest BCUT2D eigenvalue weighted by atomic mass is 10.2. The Hall–Kier alpha value is -2.96. The highest BCUT2D eigenvalue weighted by atomic mass is 19.1. The van der Waals surface area contributed by atoms with Crippen LogP contribution in [0.3, 0.4) is 0 Å². The molecule has 1 amide bonds. The lowest BCUT2D eigenvalue weighted by Crippen LogP contribution is -2.33. The first-order valence-electron chi connectivity index (χ1n) is 9.29. The van der Waals surface area contributed by atoms with Gasteiger partial charge in [0.25, 0.3) is 0 Å².